The molecule has 2 N–H and O–H groups in total. The van der Waals surface area contributed by atoms with E-state index in [9.17, 15) is 9.18 Å². The van der Waals surface area contributed by atoms with Crippen LogP contribution in [0.5, 0.6) is 0 Å². The van der Waals surface area contributed by atoms with Gasteiger partial charge >= 0.3 is 0 Å². The van der Waals surface area contributed by atoms with E-state index in [1.165, 1.54) is 17.4 Å². The normalized spacial score (nSPS) is 11.4. The van der Waals surface area contributed by atoms with E-state index < -0.39 is 0 Å². The number of benzene rings is 1. The lowest BCUT2D eigenvalue weighted by molar-refractivity contribution is 0.102. The van der Waals surface area contributed by atoms with Gasteiger partial charge in [0.05, 0.1) is 10.0 Å². The number of amidine groups is 1. The van der Waals surface area contributed by atoms with Crippen molar-refractivity contribution in [3.05, 3.63) is 56.6 Å². The fraction of sp³-hybridized carbons (Fsp3) is 0.0667. The quantitative estimate of drug-likeness (QED) is 0.492. The average Bonchev–Trinajstić information content (AvgIpc) is 3.27. The number of rotatable bonds is 4. The second-order valence-electron chi connectivity index (χ2n) is 4.75. The molecule has 0 aliphatic rings. The molecule has 25 heavy (non-hydrogen) atoms. The lowest BCUT2D eigenvalue weighted by Crippen LogP contribution is -2.19. The lowest BCUT2D eigenvalue weighted by Gasteiger charge is -2.09. The number of carbonyl (C=O) groups excluding carboxylic acids is 1. The highest BCUT2D eigenvalue weighted by molar-refractivity contribution is 9.10. The first-order valence-corrected chi connectivity index (χ1v) is 8.67. The maximum Gasteiger partial charge on any atom is 0.257 e. The van der Waals surface area contributed by atoms with E-state index in [1.807, 2.05) is 0 Å². The molecule has 0 spiro atoms. The zero-order chi connectivity index (χ0) is 17.8. The molecule has 0 saturated carbocycles. The molecule has 0 fully saturated rings. The van der Waals surface area contributed by atoms with Gasteiger partial charge in [0.2, 0.25) is 5.82 Å². The molecule has 3 aromatic rings. The molecule has 0 radical (unpaired) electrons. The second-order valence-corrected chi connectivity index (χ2v) is 6.39. The lowest BCUT2D eigenvalue weighted by atomic mass is 10.3. The van der Waals surface area contributed by atoms with Crippen molar-refractivity contribution in [1.29, 1.82) is 0 Å². The van der Waals surface area contributed by atoms with E-state index in [-0.39, 0.29) is 23.2 Å². The smallest absolute Gasteiger partial charge is 0.257 e. The molecule has 1 amide bonds. The monoisotopic (exact) mass is 423 g/mol. The number of anilines is 2. The average molecular weight is 424 g/mol. The van der Waals surface area contributed by atoms with Gasteiger partial charge in [0.15, 0.2) is 11.5 Å². The van der Waals surface area contributed by atoms with Gasteiger partial charge in [-0.2, -0.15) is 11.3 Å². The molecule has 0 unspecified atom stereocenters. The highest BCUT2D eigenvalue weighted by Gasteiger charge is 2.19. The predicted octanol–water partition coefficient (Wildman–Crippen LogP) is 3.77. The molecule has 0 aliphatic carbocycles. The Morgan fingerprint density at radius 2 is 2.16 bits per heavy atom. The number of thiophene rings is 1. The zero-order valence-electron chi connectivity index (χ0n) is 12.8. The summed E-state index contributed by atoms with van der Waals surface area (Å²) >= 11 is 4.53. The van der Waals surface area contributed by atoms with Gasteiger partial charge in [0.1, 0.15) is 5.82 Å². The molecule has 2 heterocycles. The van der Waals surface area contributed by atoms with Crippen LogP contribution in [0.15, 0.2) is 49.1 Å². The number of nitrogens with one attached hydrogen (secondary N) is 2. The summed E-state index contributed by atoms with van der Waals surface area (Å²) in [6.45, 7) is 0. The summed E-state index contributed by atoms with van der Waals surface area (Å²) in [5, 5.41) is 16.6. The number of aliphatic imine (C=N–C) groups is 1. The number of hydrogen-bond donors (Lipinski definition) is 2. The van der Waals surface area contributed by atoms with Gasteiger partial charge < -0.3 is 10.6 Å². The predicted molar refractivity (Wildman–Crippen MR) is 96.8 cm³/mol. The van der Waals surface area contributed by atoms with Gasteiger partial charge in [-0.05, 0) is 55.9 Å². The first-order chi connectivity index (χ1) is 12.1. The van der Waals surface area contributed by atoms with Crippen LogP contribution in [0, 0.1) is 5.82 Å². The van der Waals surface area contributed by atoms with Gasteiger partial charge in [-0.15, -0.1) is 0 Å². The van der Waals surface area contributed by atoms with Crippen molar-refractivity contribution in [2.45, 2.75) is 0 Å². The molecule has 128 valence electrons. The minimum absolute atomic E-state index is 0.130. The molecule has 0 bridgehead atoms. The van der Waals surface area contributed by atoms with Crippen LogP contribution in [0.25, 0.3) is 0 Å². The Kier molecular flexibility index (Phi) is 5.19. The number of nitrogens with zero attached hydrogens (tertiary/aromatic N) is 3. The summed E-state index contributed by atoms with van der Waals surface area (Å²) < 4.78 is 18.4. The number of carbonyl (C=O) groups is 1. The zero-order valence-corrected chi connectivity index (χ0v) is 15.2. The van der Waals surface area contributed by atoms with Crippen LogP contribution in [0.4, 0.5) is 15.9 Å². The number of hydrogen-bond acceptors (Lipinski definition) is 6. The minimum Gasteiger partial charge on any atom is -0.338 e. The third kappa shape index (κ3) is 3.91. The van der Waals surface area contributed by atoms with Gasteiger partial charge in [-0.25, -0.2) is 9.02 Å². The summed E-state index contributed by atoms with van der Waals surface area (Å²) in [4.78, 5) is 16.2. The number of aromatic nitrogens is 2. The molecule has 0 aliphatic heterocycles. The summed E-state index contributed by atoms with van der Waals surface area (Å²) in [7, 11) is 1.54. The molecule has 10 heteroatoms. The molecular weight excluding hydrogens is 413 g/mol. The Labute approximate surface area is 154 Å². The SMILES string of the molecule is CN=C(Nc1ccc(F)c(Br)c1)c1nonc1NC(=O)c1ccsc1. The van der Waals surface area contributed by atoms with Gasteiger partial charge in [0, 0.05) is 18.1 Å². The Morgan fingerprint density at radius 3 is 2.84 bits per heavy atom. The van der Waals surface area contributed by atoms with Crippen molar-refractivity contribution >= 4 is 50.5 Å². The fourth-order valence-electron chi connectivity index (χ4n) is 1.93. The van der Waals surface area contributed by atoms with Crippen LogP contribution in [0.3, 0.4) is 0 Å². The largest absolute Gasteiger partial charge is 0.338 e. The molecule has 0 atom stereocenters. The van der Waals surface area contributed by atoms with Crippen molar-refractivity contribution in [2.24, 2.45) is 4.99 Å². The van der Waals surface area contributed by atoms with E-state index in [1.54, 1.807) is 36.0 Å². The fourth-order valence-corrected chi connectivity index (χ4v) is 2.95. The van der Waals surface area contributed by atoms with E-state index in [4.69, 9.17) is 4.63 Å². The second kappa shape index (κ2) is 7.53. The van der Waals surface area contributed by atoms with E-state index >= 15 is 0 Å². The van der Waals surface area contributed by atoms with Crippen LogP contribution in [-0.2, 0) is 0 Å². The van der Waals surface area contributed by atoms with Crippen LogP contribution < -0.4 is 10.6 Å². The number of amides is 1. The van der Waals surface area contributed by atoms with Crippen molar-refractivity contribution in [1.82, 2.24) is 10.3 Å². The van der Waals surface area contributed by atoms with Gasteiger partial charge in [0.25, 0.3) is 5.91 Å². The Morgan fingerprint density at radius 1 is 1.32 bits per heavy atom. The molecule has 7 nitrogen and oxygen atoms in total. The summed E-state index contributed by atoms with van der Waals surface area (Å²) in [6.07, 6.45) is 0. The summed E-state index contributed by atoms with van der Waals surface area (Å²) in [5.41, 5.74) is 1.31. The minimum atomic E-state index is -0.382. The summed E-state index contributed by atoms with van der Waals surface area (Å²) in [6, 6.07) is 6.09. The van der Waals surface area contributed by atoms with Crippen LogP contribution >= 0.6 is 27.3 Å². The van der Waals surface area contributed by atoms with Crippen molar-refractivity contribution in [3.8, 4) is 0 Å². The van der Waals surface area contributed by atoms with E-state index in [2.05, 4.69) is 41.9 Å². The highest BCUT2D eigenvalue weighted by atomic mass is 79.9. The van der Waals surface area contributed by atoms with Crippen molar-refractivity contribution in [3.63, 3.8) is 0 Å². The van der Waals surface area contributed by atoms with E-state index in [0.29, 0.717) is 21.6 Å². The summed E-state index contributed by atoms with van der Waals surface area (Å²) in [5.74, 6) is -0.281. The maximum atomic E-state index is 13.3. The Bertz CT molecular complexity index is 926. The Balaban J connectivity index is 1.81. The third-order valence-electron chi connectivity index (χ3n) is 3.13. The first-order valence-electron chi connectivity index (χ1n) is 6.94. The van der Waals surface area contributed by atoms with Crippen LogP contribution in [0.2, 0.25) is 0 Å². The van der Waals surface area contributed by atoms with Crippen molar-refractivity contribution < 1.29 is 13.8 Å². The molecule has 2 aromatic heterocycles. The topological polar surface area (TPSA) is 92.4 Å². The Hall–Kier alpha value is -2.59. The van der Waals surface area contributed by atoms with Crippen LogP contribution in [0.1, 0.15) is 16.1 Å². The van der Waals surface area contributed by atoms with Crippen LogP contribution in [-0.4, -0.2) is 29.1 Å². The van der Waals surface area contributed by atoms with E-state index in [0.717, 1.165) is 0 Å². The standard InChI is InChI=1S/C15H11BrFN5O2S/c1-18-13(19-9-2-3-11(17)10(16)6-9)12-14(22-24-21-12)20-15(23)8-4-5-25-7-8/h2-7H,1H3,(H,18,19)(H,20,22,23). The third-order valence-corrected chi connectivity index (χ3v) is 4.43. The molecule has 1 aromatic carbocycles. The number of halogens is 2. The molecule has 3 rings (SSSR count). The highest BCUT2D eigenvalue weighted by Crippen LogP contribution is 2.21. The van der Waals surface area contributed by atoms with Gasteiger partial charge in [-0.3, -0.25) is 9.79 Å². The molecule has 0 saturated heterocycles. The maximum absolute atomic E-state index is 13.3. The van der Waals surface area contributed by atoms with Crippen molar-refractivity contribution in [2.75, 3.05) is 17.7 Å². The van der Waals surface area contributed by atoms with Gasteiger partial charge in [-0.1, -0.05) is 0 Å². The first kappa shape index (κ1) is 17.2. The molecular formula is C15H11BrFN5O2S.